The van der Waals surface area contributed by atoms with Gasteiger partial charge in [0.15, 0.2) is 0 Å². The van der Waals surface area contributed by atoms with Gasteiger partial charge in [-0.1, -0.05) is 31.6 Å². The van der Waals surface area contributed by atoms with Crippen LogP contribution in [-0.4, -0.2) is 84.3 Å². The molecule has 1 aliphatic carbocycles. The zero-order chi connectivity index (χ0) is 24.7. The van der Waals surface area contributed by atoms with Crippen molar-refractivity contribution < 1.29 is 24.2 Å². The van der Waals surface area contributed by atoms with E-state index >= 15 is 0 Å². The molecule has 0 radical (unpaired) electrons. The van der Waals surface area contributed by atoms with Gasteiger partial charge < -0.3 is 24.4 Å². The number of aromatic nitrogens is 1. The standard InChI is InChI=1S/C26H37N3O5/c1-18-14-29(19(2)16-30)26(32)22-12-21(11-7-10-20-8-5-6-9-20)13-27-25(22)34-23(18)15-28(3)24(31)17-33-4/h12-13,18-20,23,30H,5-6,8-10,14-17H2,1-4H3/t18-,19+,23-/m1/s1. The number of ether oxygens (including phenoxy) is 2. The summed E-state index contributed by atoms with van der Waals surface area (Å²) in [6.45, 7) is 4.32. The van der Waals surface area contributed by atoms with Gasteiger partial charge in [0, 0.05) is 44.8 Å². The Balaban J connectivity index is 1.88. The number of nitrogens with zero attached hydrogens (tertiary/aromatic N) is 3. The number of methoxy groups -OCH3 is 1. The maximum absolute atomic E-state index is 13.5. The summed E-state index contributed by atoms with van der Waals surface area (Å²) in [5.41, 5.74) is 0.999. The number of hydrogen-bond donors (Lipinski definition) is 1. The SMILES string of the molecule is COCC(=O)N(C)C[C@H]1Oc2ncc(C#CCC3CCCC3)cc2C(=O)N([C@@H](C)CO)C[C@H]1C. The Kier molecular flexibility index (Phi) is 9.31. The van der Waals surface area contributed by atoms with Crippen LogP contribution in [0.4, 0.5) is 0 Å². The van der Waals surface area contributed by atoms with E-state index in [1.165, 1.54) is 32.8 Å². The zero-order valence-corrected chi connectivity index (χ0v) is 20.7. The van der Waals surface area contributed by atoms with Gasteiger partial charge in [0.1, 0.15) is 18.3 Å². The highest BCUT2D eigenvalue weighted by Crippen LogP contribution is 2.28. The summed E-state index contributed by atoms with van der Waals surface area (Å²) in [6, 6.07) is 1.36. The lowest BCUT2D eigenvalue weighted by Gasteiger charge is -2.37. The molecule has 1 aromatic rings. The number of amides is 2. The highest BCUT2D eigenvalue weighted by molar-refractivity contribution is 5.97. The predicted octanol–water partition coefficient (Wildman–Crippen LogP) is 2.34. The summed E-state index contributed by atoms with van der Waals surface area (Å²) in [5.74, 6) is 6.81. The van der Waals surface area contributed by atoms with Crippen LogP contribution in [0, 0.1) is 23.7 Å². The molecule has 8 nitrogen and oxygen atoms in total. The molecule has 1 aromatic heterocycles. The highest BCUT2D eigenvalue weighted by Gasteiger charge is 2.34. The van der Waals surface area contributed by atoms with Crippen LogP contribution in [0.2, 0.25) is 0 Å². The number of hydrogen-bond acceptors (Lipinski definition) is 6. The predicted molar refractivity (Wildman–Crippen MR) is 128 cm³/mol. The van der Waals surface area contributed by atoms with Crippen LogP contribution < -0.4 is 4.74 Å². The molecular formula is C26H37N3O5. The normalized spacial score (nSPS) is 21.6. The summed E-state index contributed by atoms with van der Waals surface area (Å²) >= 11 is 0. The van der Waals surface area contributed by atoms with Gasteiger partial charge in [-0.05, 0) is 31.7 Å². The molecule has 0 unspecified atom stereocenters. The lowest BCUT2D eigenvalue weighted by atomic mass is 9.99. The first kappa shape index (κ1) is 26.0. The number of fused-ring (bicyclic) bond motifs is 1. The number of pyridine rings is 1. The Hall–Kier alpha value is -2.63. The molecule has 1 fully saturated rings. The number of carbonyl (C=O) groups is 2. The Morgan fingerprint density at radius 3 is 2.82 bits per heavy atom. The molecule has 1 saturated carbocycles. The molecule has 2 amide bonds. The minimum atomic E-state index is -0.391. The van der Waals surface area contributed by atoms with Crippen LogP contribution in [0.5, 0.6) is 5.88 Å². The van der Waals surface area contributed by atoms with Gasteiger partial charge in [-0.2, -0.15) is 0 Å². The van der Waals surface area contributed by atoms with E-state index in [0.29, 0.717) is 30.1 Å². The molecule has 0 aromatic carbocycles. The molecule has 0 spiro atoms. The fourth-order valence-electron chi connectivity index (χ4n) is 4.51. The minimum Gasteiger partial charge on any atom is -0.472 e. The summed E-state index contributed by atoms with van der Waals surface area (Å²) in [5, 5.41) is 9.79. The van der Waals surface area contributed by atoms with E-state index in [-0.39, 0.29) is 42.9 Å². The number of aliphatic hydroxyl groups is 1. The minimum absolute atomic E-state index is 0.0124. The van der Waals surface area contributed by atoms with Crippen LogP contribution in [0.25, 0.3) is 0 Å². The topological polar surface area (TPSA) is 92.2 Å². The maximum Gasteiger partial charge on any atom is 0.259 e. The van der Waals surface area contributed by atoms with Crippen molar-refractivity contribution in [3.8, 4) is 17.7 Å². The highest BCUT2D eigenvalue weighted by atomic mass is 16.5. The summed E-state index contributed by atoms with van der Waals surface area (Å²) in [6.07, 6.45) is 7.13. The van der Waals surface area contributed by atoms with Crippen molar-refractivity contribution >= 4 is 11.8 Å². The largest absolute Gasteiger partial charge is 0.472 e. The third kappa shape index (κ3) is 6.49. The summed E-state index contributed by atoms with van der Waals surface area (Å²) in [7, 11) is 3.18. The third-order valence-corrected chi connectivity index (χ3v) is 6.77. The van der Waals surface area contributed by atoms with E-state index in [9.17, 15) is 14.7 Å². The lowest BCUT2D eigenvalue weighted by Crippen LogP contribution is -2.50. The number of aliphatic hydroxyl groups excluding tert-OH is 1. The first-order chi connectivity index (χ1) is 16.3. The fourth-order valence-corrected chi connectivity index (χ4v) is 4.51. The van der Waals surface area contributed by atoms with Crippen molar-refractivity contribution in [1.29, 1.82) is 0 Å². The van der Waals surface area contributed by atoms with Gasteiger partial charge >= 0.3 is 0 Å². The summed E-state index contributed by atoms with van der Waals surface area (Å²) < 4.78 is 11.2. The van der Waals surface area contributed by atoms with Crippen molar-refractivity contribution in [3.05, 3.63) is 23.4 Å². The van der Waals surface area contributed by atoms with E-state index in [2.05, 4.69) is 16.8 Å². The second-order valence-corrected chi connectivity index (χ2v) is 9.56. The van der Waals surface area contributed by atoms with E-state index in [4.69, 9.17) is 9.47 Å². The van der Waals surface area contributed by atoms with E-state index < -0.39 is 6.10 Å². The van der Waals surface area contributed by atoms with Crippen molar-refractivity contribution in [3.63, 3.8) is 0 Å². The number of rotatable bonds is 7. The molecule has 0 bridgehead atoms. The van der Waals surface area contributed by atoms with Crippen molar-refractivity contribution in [2.24, 2.45) is 11.8 Å². The van der Waals surface area contributed by atoms with Crippen LogP contribution in [0.1, 0.15) is 61.9 Å². The van der Waals surface area contributed by atoms with Crippen LogP contribution >= 0.6 is 0 Å². The molecule has 1 aliphatic heterocycles. The number of carbonyl (C=O) groups excluding carboxylic acids is 2. The Morgan fingerprint density at radius 2 is 2.15 bits per heavy atom. The molecule has 34 heavy (non-hydrogen) atoms. The van der Waals surface area contributed by atoms with Gasteiger partial charge in [0.2, 0.25) is 11.8 Å². The van der Waals surface area contributed by atoms with Gasteiger partial charge in [-0.25, -0.2) is 4.98 Å². The average Bonchev–Trinajstić information content (AvgIpc) is 3.34. The molecule has 3 atom stereocenters. The monoisotopic (exact) mass is 471 g/mol. The lowest BCUT2D eigenvalue weighted by molar-refractivity contribution is -0.135. The molecule has 1 N–H and O–H groups in total. The molecular weight excluding hydrogens is 434 g/mol. The Bertz CT molecular complexity index is 919. The van der Waals surface area contributed by atoms with E-state index in [1.807, 2.05) is 13.8 Å². The molecule has 2 aliphatic rings. The fraction of sp³-hybridized carbons (Fsp3) is 0.654. The van der Waals surface area contributed by atoms with Gasteiger partial charge in [0.25, 0.3) is 5.91 Å². The molecule has 8 heteroatoms. The van der Waals surface area contributed by atoms with Crippen LogP contribution in [0.3, 0.4) is 0 Å². The summed E-state index contributed by atoms with van der Waals surface area (Å²) in [4.78, 5) is 33.4. The van der Waals surface area contributed by atoms with Crippen molar-refractivity contribution in [1.82, 2.24) is 14.8 Å². The van der Waals surface area contributed by atoms with Crippen LogP contribution in [0.15, 0.2) is 12.3 Å². The molecule has 0 saturated heterocycles. The Labute approximate surface area is 202 Å². The Morgan fingerprint density at radius 1 is 1.41 bits per heavy atom. The first-order valence-electron chi connectivity index (χ1n) is 12.1. The van der Waals surface area contributed by atoms with E-state index in [0.717, 1.165) is 6.42 Å². The molecule has 2 heterocycles. The second kappa shape index (κ2) is 12.2. The van der Waals surface area contributed by atoms with Crippen molar-refractivity contribution in [2.45, 2.75) is 58.1 Å². The maximum atomic E-state index is 13.5. The smallest absolute Gasteiger partial charge is 0.259 e. The first-order valence-corrected chi connectivity index (χ1v) is 12.1. The van der Waals surface area contributed by atoms with Gasteiger partial charge in [-0.15, -0.1) is 0 Å². The molecule has 186 valence electrons. The second-order valence-electron chi connectivity index (χ2n) is 9.56. The third-order valence-electron chi connectivity index (χ3n) is 6.77. The van der Waals surface area contributed by atoms with Gasteiger partial charge in [0.05, 0.1) is 19.2 Å². The van der Waals surface area contributed by atoms with Crippen molar-refractivity contribution in [2.75, 3.05) is 40.5 Å². The van der Waals surface area contributed by atoms with E-state index in [1.54, 1.807) is 29.1 Å². The molecule has 3 rings (SSSR count). The van der Waals surface area contributed by atoms with Crippen LogP contribution in [-0.2, 0) is 9.53 Å². The van der Waals surface area contributed by atoms with Gasteiger partial charge in [-0.3, -0.25) is 9.59 Å². The zero-order valence-electron chi connectivity index (χ0n) is 20.7. The quantitative estimate of drug-likeness (QED) is 0.614. The average molecular weight is 472 g/mol. The number of likely N-dealkylation sites (N-methyl/N-ethyl adjacent to an activating group) is 1.